The summed E-state index contributed by atoms with van der Waals surface area (Å²) >= 11 is 0. The van der Waals surface area contributed by atoms with E-state index in [0.717, 1.165) is 38.1 Å². The first-order chi connectivity index (χ1) is 12.3. The van der Waals surface area contributed by atoms with E-state index < -0.39 is 0 Å². The SMILES string of the molecule is CCN1Cc2ccccc2N1CC1CCN(CC2CCOCC2)CC1. The molecule has 3 heterocycles. The summed E-state index contributed by atoms with van der Waals surface area (Å²) in [5.41, 5.74) is 2.93. The van der Waals surface area contributed by atoms with Gasteiger partial charge in [-0.05, 0) is 62.2 Å². The van der Waals surface area contributed by atoms with Crippen LogP contribution in [0.2, 0.25) is 0 Å². The molecule has 4 rings (SSSR count). The molecule has 0 spiro atoms. The molecular formula is C21H33N3O. The Hall–Kier alpha value is -1.10. The van der Waals surface area contributed by atoms with Gasteiger partial charge in [-0.15, -0.1) is 0 Å². The maximum absolute atomic E-state index is 5.50. The maximum Gasteiger partial charge on any atom is 0.0568 e. The predicted molar refractivity (Wildman–Crippen MR) is 103 cm³/mol. The molecule has 0 radical (unpaired) electrons. The number of likely N-dealkylation sites (tertiary alicyclic amines) is 1. The number of rotatable bonds is 5. The van der Waals surface area contributed by atoms with E-state index in [1.54, 1.807) is 0 Å². The highest BCUT2D eigenvalue weighted by atomic mass is 16.5. The number of benzene rings is 1. The molecule has 0 aliphatic carbocycles. The van der Waals surface area contributed by atoms with Gasteiger partial charge in [0.1, 0.15) is 0 Å². The molecule has 0 aromatic heterocycles. The molecule has 3 aliphatic heterocycles. The summed E-state index contributed by atoms with van der Waals surface area (Å²) in [7, 11) is 0. The maximum atomic E-state index is 5.50. The summed E-state index contributed by atoms with van der Waals surface area (Å²) < 4.78 is 5.50. The summed E-state index contributed by atoms with van der Waals surface area (Å²) in [4.78, 5) is 2.71. The lowest BCUT2D eigenvalue weighted by molar-refractivity contribution is 0.0466. The number of hydrazine groups is 1. The van der Waals surface area contributed by atoms with E-state index in [1.165, 1.54) is 63.1 Å². The minimum atomic E-state index is 0.825. The fourth-order valence-electron chi connectivity index (χ4n) is 4.72. The molecule has 2 fully saturated rings. The van der Waals surface area contributed by atoms with Gasteiger partial charge in [-0.1, -0.05) is 25.1 Å². The molecule has 25 heavy (non-hydrogen) atoms. The first-order valence-electron chi connectivity index (χ1n) is 10.2. The number of anilines is 1. The van der Waals surface area contributed by atoms with Crippen LogP contribution in [-0.4, -0.2) is 55.8 Å². The average Bonchev–Trinajstić information content (AvgIpc) is 3.02. The number of hydrogen-bond acceptors (Lipinski definition) is 4. The van der Waals surface area contributed by atoms with Crippen LogP contribution in [0.1, 0.15) is 38.2 Å². The number of ether oxygens (including phenoxy) is 1. The zero-order chi connectivity index (χ0) is 17.1. The molecule has 0 N–H and O–H groups in total. The van der Waals surface area contributed by atoms with Crippen molar-refractivity contribution in [2.75, 3.05) is 50.9 Å². The van der Waals surface area contributed by atoms with E-state index in [1.807, 2.05) is 0 Å². The summed E-state index contributed by atoms with van der Waals surface area (Å²) in [5, 5.41) is 5.08. The molecule has 0 bridgehead atoms. The molecule has 2 saturated heterocycles. The normalized spacial score (nSPS) is 24.0. The Morgan fingerprint density at radius 1 is 0.960 bits per heavy atom. The monoisotopic (exact) mass is 343 g/mol. The number of piperidine rings is 1. The molecule has 0 unspecified atom stereocenters. The quantitative estimate of drug-likeness (QED) is 0.816. The van der Waals surface area contributed by atoms with Gasteiger partial charge in [-0.25, -0.2) is 5.01 Å². The summed E-state index contributed by atoms with van der Waals surface area (Å²) in [5.74, 6) is 1.69. The Balaban J connectivity index is 1.29. The van der Waals surface area contributed by atoms with Crippen molar-refractivity contribution in [2.45, 2.75) is 39.2 Å². The first kappa shape index (κ1) is 17.3. The van der Waals surface area contributed by atoms with Gasteiger partial charge in [0, 0.05) is 39.4 Å². The van der Waals surface area contributed by atoms with Gasteiger partial charge >= 0.3 is 0 Å². The van der Waals surface area contributed by atoms with Crippen molar-refractivity contribution in [1.29, 1.82) is 0 Å². The molecule has 4 heteroatoms. The average molecular weight is 344 g/mol. The van der Waals surface area contributed by atoms with Crippen LogP contribution in [0.25, 0.3) is 0 Å². The van der Waals surface area contributed by atoms with Crippen LogP contribution in [-0.2, 0) is 11.3 Å². The lowest BCUT2D eigenvalue weighted by atomic mass is 9.94. The molecule has 4 nitrogen and oxygen atoms in total. The Morgan fingerprint density at radius 3 is 2.44 bits per heavy atom. The summed E-state index contributed by atoms with van der Waals surface area (Å²) in [6, 6.07) is 8.94. The Bertz CT molecular complexity index is 550. The van der Waals surface area contributed by atoms with Gasteiger partial charge in [0.25, 0.3) is 0 Å². The van der Waals surface area contributed by atoms with E-state index >= 15 is 0 Å². The van der Waals surface area contributed by atoms with Crippen molar-refractivity contribution in [3.05, 3.63) is 29.8 Å². The zero-order valence-electron chi connectivity index (χ0n) is 15.7. The van der Waals surface area contributed by atoms with Gasteiger partial charge in [0.15, 0.2) is 0 Å². The topological polar surface area (TPSA) is 19.0 Å². The smallest absolute Gasteiger partial charge is 0.0568 e. The Morgan fingerprint density at radius 2 is 1.68 bits per heavy atom. The number of fused-ring (bicyclic) bond motifs is 1. The minimum absolute atomic E-state index is 0.825. The summed E-state index contributed by atoms with van der Waals surface area (Å²) in [6.07, 6.45) is 5.21. The predicted octanol–water partition coefficient (Wildman–Crippen LogP) is 3.38. The van der Waals surface area contributed by atoms with Crippen LogP contribution in [0.15, 0.2) is 24.3 Å². The molecule has 138 valence electrons. The molecule has 1 aromatic carbocycles. The van der Waals surface area contributed by atoms with Crippen LogP contribution in [0.4, 0.5) is 5.69 Å². The van der Waals surface area contributed by atoms with E-state index in [0.29, 0.717) is 0 Å². The van der Waals surface area contributed by atoms with E-state index in [4.69, 9.17) is 4.74 Å². The van der Waals surface area contributed by atoms with Crippen LogP contribution in [0.3, 0.4) is 0 Å². The van der Waals surface area contributed by atoms with Crippen molar-refractivity contribution in [2.24, 2.45) is 11.8 Å². The van der Waals surface area contributed by atoms with Crippen molar-refractivity contribution in [3.63, 3.8) is 0 Å². The van der Waals surface area contributed by atoms with Crippen molar-refractivity contribution in [1.82, 2.24) is 9.91 Å². The third-order valence-electron chi connectivity index (χ3n) is 6.32. The first-order valence-corrected chi connectivity index (χ1v) is 10.2. The van der Waals surface area contributed by atoms with Crippen LogP contribution in [0, 0.1) is 11.8 Å². The molecule has 0 atom stereocenters. The number of hydrogen-bond donors (Lipinski definition) is 0. The van der Waals surface area contributed by atoms with Gasteiger partial charge in [-0.3, -0.25) is 0 Å². The third-order valence-corrected chi connectivity index (χ3v) is 6.32. The van der Waals surface area contributed by atoms with Crippen molar-refractivity contribution < 1.29 is 4.74 Å². The number of para-hydroxylation sites is 1. The third kappa shape index (κ3) is 4.02. The van der Waals surface area contributed by atoms with E-state index in [-0.39, 0.29) is 0 Å². The Kier molecular flexibility index (Phi) is 5.59. The highest BCUT2D eigenvalue weighted by molar-refractivity contribution is 5.56. The van der Waals surface area contributed by atoms with Gasteiger partial charge in [0.05, 0.1) is 5.69 Å². The van der Waals surface area contributed by atoms with E-state index in [9.17, 15) is 0 Å². The largest absolute Gasteiger partial charge is 0.381 e. The molecule has 3 aliphatic rings. The highest BCUT2D eigenvalue weighted by Gasteiger charge is 2.30. The standard InChI is InChI=1S/C21H33N3O/c1-2-23-17-20-5-3-4-6-21(20)24(23)16-18-7-11-22(12-8-18)15-19-9-13-25-14-10-19/h3-6,18-19H,2,7-17H2,1H3. The molecular weight excluding hydrogens is 310 g/mol. The Labute approximate surface area is 152 Å². The second-order valence-electron chi connectivity index (χ2n) is 7.99. The highest BCUT2D eigenvalue weighted by Crippen LogP contribution is 2.33. The zero-order valence-corrected chi connectivity index (χ0v) is 15.7. The second-order valence-corrected chi connectivity index (χ2v) is 7.99. The fraction of sp³-hybridized carbons (Fsp3) is 0.714. The lowest BCUT2D eigenvalue weighted by Gasteiger charge is -2.38. The van der Waals surface area contributed by atoms with Crippen molar-refractivity contribution in [3.8, 4) is 0 Å². The van der Waals surface area contributed by atoms with Crippen LogP contribution < -0.4 is 5.01 Å². The second kappa shape index (κ2) is 8.07. The lowest BCUT2D eigenvalue weighted by Crippen LogP contribution is -2.44. The minimum Gasteiger partial charge on any atom is -0.381 e. The molecule has 0 saturated carbocycles. The van der Waals surface area contributed by atoms with Crippen molar-refractivity contribution >= 4 is 5.69 Å². The summed E-state index contributed by atoms with van der Waals surface area (Å²) in [6.45, 7) is 11.4. The fourth-order valence-corrected chi connectivity index (χ4v) is 4.72. The number of nitrogens with zero attached hydrogens (tertiary/aromatic N) is 3. The van der Waals surface area contributed by atoms with Gasteiger partial charge < -0.3 is 14.6 Å². The van der Waals surface area contributed by atoms with E-state index in [2.05, 4.69) is 46.1 Å². The molecule has 0 amide bonds. The van der Waals surface area contributed by atoms with Crippen LogP contribution >= 0.6 is 0 Å². The van der Waals surface area contributed by atoms with Crippen LogP contribution in [0.5, 0.6) is 0 Å². The van der Waals surface area contributed by atoms with Gasteiger partial charge in [0.2, 0.25) is 0 Å². The molecule has 1 aromatic rings. The van der Waals surface area contributed by atoms with Gasteiger partial charge in [-0.2, -0.15) is 0 Å².